The van der Waals surface area contributed by atoms with E-state index in [0.29, 0.717) is 12.0 Å². The number of aryl methyl sites for hydroxylation is 1. The first-order chi connectivity index (χ1) is 22.1. The molecule has 3 unspecified atom stereocenters. The Morgan fingerprint density at radius 1 is 1.00 bits per heavy atom. The van der Waals surface area contributed by atoms with Gasteiger partial charge in [-0.1, -0.05) is 72.3 Å². The SMILES string of the molecule is COC(=O)C1=C(C(=O)NC2CCNCC2)C2C=CC1(C(Cc1ccccc1)Nc1ccccc1)O2.Cc1ccc(S(=O)(=O)O)cc1. The summed E-state index contributed by atoms with van der Waals surface area (Å²) < 4.78 is 41.3. The van der Waals surface area contributed by atoms with Gasteiger partial charge in [-0.3, -0.25) is 9.35 Å². The van der Waals surface area contributed by atoms with E-state index >= 15 is 0 Å². The van der Waals surface area contributed by atoms with Gasteiger partial charge in [0.2, 0.25) is 0 Å². The summed E-state index contributed by atoms with van der Waals surface area (Å²) in [5, 5.41) is 10.0. The van der Waals surface area contributed by atoms with E-state index in [2.05, 4.69) is 16.0 Å². The molecular formula is C35H39N3O7S. The lowest BCUT2D eigenvalue weighted by molar-refractivity contribution is -0.138. The van der Waals surface area contributed by atoms with Gasteiger partial charge in [0.05, 0.1) is 29.2 Å². The highest BCUT2D eigenvalue weighted by Gasteiger charge is 2.58. The van der Waals surface area contributed by atoms with E-state index in [9.17, 15) is 18.0 Å². The molecule has 2 bridgehead atoms. The Bertz CT molecular complexity index is 1650. The molecule has 0 spiro atoms. The highest BCUT2D eigenvalue weighted by molar-refractivity contribution is 7.85. The summed E-state index contributed by atoms with van der Waals surface area (Å²) in [7, 11) is -2.67. The van der Waals surface area contributed by atoms with Crippen molar-refractivity contribution in [3.63, 3.8) is 0 Å². The molecule has 3 aliphatic rings. The largest absolute Gasteiger partial charge is 0.466 e. The van der Waals surface area contributed by atoms with Crippen molar-refractivity contribution in [3.8, 4) is 0 Å². The van der Waals surface area contributed by atoms with Gasteiger partial charge in [0.25, 0.3) is 16.0 Å². The zero-order valence-corrected chi connectivity index (χ0v) is 26.6. The van der Waals surface area contributed by atoms with E-state index in [1.807, 2.05) is 79.7 Å². The van der Waals surface area contributed by atoms with Crippen LogP contribution in [0.1, 0.15) is 24.0 Å². The van der Waals surface area contributed by atoms with Crippen LogP contribution in [0.15, 0.2) is 113 Å². The first-order valence-electron chi connectivity index (χ1n) is 15.2. The molecule has 1 fully saturated rings. The van der Waals surface area contributed by atoms with Crippen LogP contribution >= 0.6 is 0 Å². The molecule has 3 aliphatic heterocycles. The number of rotatable bonds is 9. The molecule has 0 aromatic heterocycles. The van der Waals surface area contributed by atoms with Gasteiger partial charge in [-0.15, -0.1) is 0 Å². The third kappa shape index (κ3) is 7.56. The maximum absolute atomic E-state index is 13.5. The molecule has 3 aromatic rings. The lowest BCUT2D eigenvalue weighted by atomic mass is 9.78. The second-order valence-corrected chi connectivity index (χ2v) is 12.9. The summed E-state index contributed by atoms with van der Waals surface area (Å²) in [6.07, 6.45) is 5.48. The summed E-state index contributed by atoms with van der Waals surface area (Å²) in [5.74, 6) is -0.799. The van der Waals surface area contributed by atoms with Crippen LogP contribution in [0.4, 0.5) is 5.69 Å². The maximum Gasteiger partial charge on any atom is 0.337 e. The summed E-state index contributed by atoms with van der Waals surface area (Å²) in [5.41, 5.74) is 2.45. The van der Waals surface area contributed by atoms with Crippen molar-refractivity contribution >= 4 is 27.7 Å². The fourth-order valence-electron chi connectivity index (χ4n) is 5.99. The first kappa shape index (κ1) is 33.1. The van der Waals surface area contributed by atoms with Crippen molar-refractivity contribution in [3.05, 3.63) is 119 Å². The normalized spacial score (nSPS) is 21.2. The molecule has 6 rings (SSSR count). The molecular weight excluding hydrogens is 606 g/mol. The number of methoxy groups -OCH3 is 1. The minimum absolute atomic E-state index is 0.0664. The predicted octanol–water partition coefficient (Wildman–Crippen LogP) is 4.00. The zero-order chi connectivity index (χ0) is 32.7. The van der Waals surface area contributed by atoms with E-state index < -0.39 is 27.8 Å². The number of nitrogens with one attached hydrogen (secondary N) is 3. The fourth-order valence-corrected chi connectivity index (χ4v) is 6.47. The van der Waals surface area contributed by atoms with Gasteiger partial charge in [0, 0.05) is 11.7 Å². The van der Waals surface area contributed by atoms with E-state index in [-0.39, 0.29) is 28.5 Å². The number of para-hydroxylation sites is 1. The Kier molecular flexibility index (Phi) is 10.4. The molecule has 0 radical (unpaired) electrons. The summed E-state index contributed by atoms with van der Waals surface area (Å²) >= 11 is 0. The number of piperidine rings is 1. The molecule has 242 valence electrons. The topological polar surface area (TPSA) is 143 Å². The van der Waals surface area contributed by atoms with Gasteiger partial charge in [-0.2, -0.15) is 8.42 Å². The average Bonchev–Trinajstić information content (AvgIpc) is 3.64. The summed E-state index contributed by atoms with van der Waals surface area (Å²) in [6.45, 7) is 3.56. The van der Waals surface area contributed by atoms with E-state index in [4.69, 9.17) is 14.0 Å². The minimum Gasteiger partial charge on any atom is -0.466 e. The second kappa shape index (κ2) is 14.4. The summed E-state index contributed by atoms with van der Waals surface area (Å²) in [4.78, 5) is 26.6. The Labute approximate surface area is 269 Å². The highest BCUT2D eigenvalue weighted by Crippen LogP contribution is 2.47. The average molecular weight is 646 g/mol. The molecule has 0 aliphatic carbocycles. The van der Waals surface area contributed by atoms with Gasteiger partial charge in [-0.05, 0) is 75.2 Å². The van der Waals surface area contributed by atoms with Gasteiger partial charge in [0.15, 0.2) is 0 Å². The van der Waals surface area contributed by atoms with Crippen LogP contribution in [0.3, 0.4) is 0 Å². The zero-order valence-electron chi connectivity index (χ0n) is 25.8. The standard InChI is InChI=1S/C28H31N3O4.C7H8O3S/c1-34-27(33)25-24(26(32)31-21-13-16-29-17-14-21)22-12-15-28(25,35-22)23(18-19-8-4-2-5-9-19)30-20-10-6-3-7-11-20;1-6-2-4-7(5-3-6)11(8,9)10/h2-12,15,21-23,29-30H,13-14,16-18H2,1H3,(H,31,32);2-5H,1H3,(H,8,9,10). The number of ether oxygens (including phenoxy) is 2. The number of carbonyl (C=O) groups is 2. The number of carbonyl (C=O) groups excluding carboxylic acids is 2. The number of amides is 1. The predicted molar refractivity (Wildman–Crippen MR) is 175 cm³/mol. The van der Waals surface area contributed by atoms with Crippen molar-refractivity contribution in [2.45, 2.75) is 54.9 Å². The number of hydrogen-bond donors (Lipinski definition) is 4. The fraction of sp³-hybridized carbons (Fsp3) is 0.314. The van der Waals surface area contributed by atoms with Crippen molar-refractivity contribution in [1.29, 1.82) is 0 Å². The molecule has 1 saturated heterocycles. The second-order valence-electron chi connectivity index (χ2n) is 11.5. The Balaban J connectivity index is 0.000000322. The molecule has 4 N–H and O–H groups in total. The van der Waals surface area contributed by atoms with Crippen molar-refractivity contribution in [2.24, 2.45) is 0 Å². The number of benzene rings is 3. The Morgan fingerprint density at radius 2 is 1.63 bits per heavy atom. The quantitative estimate of drug-likeness (QED) is 0.154. The Morgan fingerprint density at radius 3 is 2.24 bits per heavy atom. The van der Waals surface area contributed by atoms with E-state index in [1.165, 1.54) is 19.2 Å². The molecule has 3 heterocycles. The van der Waals surface area contributed by atoms with Crippen LogP contribution in [0.25, 0.3) is 0 Å². The first-order valence-corrected chi connectivity index (χ1v) is 16.7. The number of esters is 1. The van der Waals surface area contributed by atoms with Crippen LogP contribution < -0.4 is 16.0 Å². The third-order valence-corrected chi connectivity index (χ3v) is 9.20. The van der Waals surface area contributed by atoms with Crippen molar-refractivity contribution in [2.75, 3.05) is 25.5 Å². The smallest absolute Gasteiger partial charge is 0.337 e. The lowest BCUT2D eigenvalue weighted by Gasteiger charge is -2.36. The van der Waals surface area contributed by atoms with Gasteiger partial charge >= 0.3 is 5.97 Å². The molecule has 46 heavy (non-hydrogen) atoms. The monoisotopic (exact) mass is 645 g/mol. The van der Waals surface area contributed by atoms with E-state index in [0.717, 1.165) is 42.7 Å². The van der Waals surface area contributed by atoms with Crippen molar-refractivity contribution in [1.82, 2.24) is 10.6 Å². The third-order valence-electron chi connectivity index (χ3n) is 8.33. The molecule has 0 saturated carbocycles. The lowest BCUT2D eigenvalue weighted by Crippen LogP contribution is -2.50. The molecule has 1 amide bonds. The van der Waals surface area contributed by atoms with Crippen LogP contribution in [0, 0.1) is 6.92 Å². The summed E-state index contributed by atoms with van der Waals surface area (Å²) in [6, 6.07) is 25.6. The molecule has 10 nitrogen and oxygen atoms in total. The molecule has 3 atom stereocenters. The van der Waals surface area contributed by atoms with Gasteiger partial charge in [0.1, 0.15) is 11.7 Å². The Hall–Kier alpha value is -4.29. The van der Waals surface area contributed by atoms with E-state index in [1.54, 1.807) is 12.1 Å². The molecule has 3 aromatic carbocycles. The van der Waals surface area contributed by atoms with Crippen LogP contribution in [0.2, 0.25) is 0 Å². The van der Waals surface area contributed by atoms with Crippen LogP contribution in [-0.2, 0) is 35.6 Å². The molecule has 11 heteroatoms. The van der Waals surface area contributed by atoms with Crippen LogP contribution in [-0.4, -0.2) is 68.8 Å². The minimum atomic E-state index is -4.02. The van der Waals surface area contributed by atoms with Gasteiger partial charge in [-0.25, -0.2) is 4.79 Å². The number of anilines is 1. The van der Waals surface area contributed by atoms with Crippen molar-refractivity contribution < 1.29 is 32.0 Å². The maximum atomic E-state index is 13.5. The highest BCUT2D eigenvalue weighted by atomic mass is 32.2. The number of fused-ring (bicyclic) bond motifs is 2. The van der Waals surface area contributed by atoms with Gasteiger partial charge < -0.3 is 25.4 Å². The van der Waals surface area contributed by atoms with Crippen LogP contribution in [0.5, 0.6) is 0 Å². The number of hydrogen-bond acceptors (Lipinski definition) is 8.